The van der Waals surface area contributed by atoms with Gasteiger partial charge in [-0.15, -0.1) is 12.4 Å². The van der Waals surface area contributed by atoms with Gasteiger partial charge >= 0.3 is 0 Å². The fourth-order valence-electron chi connectivity index (χ4n) is 0.803. The number of β-amino-alcohol motifs (C(OH)–C–C–N with tert-alkyl or cyclic N) is 1. The van der Waals surface area contributed by atoms with Gasteiger partial charge < -0.3 is 15.2 Å². The first-order valence-electron chi connectivity index (χ1n) is 3.19. The molecule has 0 saturated carbocycles. The van der Waals surface area contributed by atoms with Crippen molar-refractivity contribution >= 4 is 12.4 Å². The summed E-state index contributed by atoms with van der Waals surface area (Å²) in [6, 6.07) is 1.79. The fraction of sp³-hybridized carbons (Fsp3) is 0.833. The maximum Gasteiger partial charge on any atom is 0.186 e. The lowest BCUT2D eigenvalue weighted by atomic mass is 10.1. The van der Waals surface area contributed by atoms with Crippen LogP contribution in [-0.4, -0.2) is 37.0 Å². The highest BCUT2D eigenvalue weighted by Crippen LogP contribution is 2.03. The van der Waals surface area contributed by atoms with Crippen molar-refractivity contribution in [2.45, 2.75) is 5.60 Å². The van der Waals surface area contributed by atoms with Crippen molar-refractivity contribution in [3.63, 3.8) is 0 Å². The summed E-state index contributed by atoms with van der Waals surface area (Å²) in [4.78, 5) is 0. The SMILES string of the molecule is Cl.N#CC1(O)CNCCOC1. The van der Waals surface area contributed by atoms with Crippen LogP contribution < -0.4 is 5.32 Å². The maximum absolute atomic E-state index is 9.31. The van der Waals surface area contributed by atoms with E-state index in [0.717, 1.165) is 0 Å². The molecule has 0 aromatic heterocycles. The lowest BCUT2D eigenvalue weighted by Gasteiger charge is -2.15. The molecule has 1 unspecified atom stereocenters. The first-order valence-corrected chi connectivity index (χ1v) is 3.19. The molecule has 0 radical (unpaired) electrons. The molecule has 1 saturated heterocycles. The second-order valence-corrected chi connectivity index (χ2v) is 2.37. The monoisotopic (exact) mass is 178 g/mol. The van der Waals surface area contributed by atoms with E-state index in [0.29, 0.717) is 19.7 Å². The maximum atomic E-state index is 9.31. The Morgan fingerprint density at radius 2 is 2.36 bits per heavy atom. The van der Waals surface area contributed by atoms with Gasteiger partial charge in [-0.25, -0.2) is 0 Å². The second-order valence-electron chi connectivity index (χ2n) is 2.37. The lowest BCUT2D eigenvalue weighted by molar-refractivity contribution is 0.0129. The normalized spacial score (nSPS) is 31.3. The highest BCUT2D eigenvalue weighted by Gasteiger charge is 2.27. The van der Waals surface area contributed by atoms with Crippen LogP contribution in [0.3, 0.4) is 0 Å². The second kappa shape index (κ2) is 4.52. The summed E-state index contributed by atoms with van der Waals surface area (Å²) in [7, 11) is 0. The first kappa shape index (κ1) is 10.7. The molecule has 4 nitrogen and oxygen atoms in total. The van der Waals surface area contributed by atoms with Crippen LogP contribution in [0.5, 0.6) is 0 Å². The molecule has 1 rings (SSSR count). The minimum Gasteiger partial charge on any atom is -0.376 e. The highest BCUT2D eigenvalue weighted by atomic mass is 35.5. The summed E-state index contributed by atoms with van der Waals surface area (Å²) in [5.74, 6) is 0. The van der Waals surface area contributed by atoms with E-state index in [9.17, 15) is 5.11 Å². The smallest absolute Gasteiger partial charge is 0.186 e. The zero-order valence-electron chi connectivity index (χ0n) is 6.04. The summed E-state index contributed by atoms with van der Waals surface area (Å²) in [6.45, 7) is 1.66. The average molecular weight is 179 g/mol. The number of halogens is 1. The molecule has 1 atom stereocenters. The Bertz CT molecular complexity index is 149. The molecule has 0 aromatic rings. The van der Waals surface area contributed by atoms with E-state index in [1.165, 1.54) is 0 Å². The van der Waals surface area contributed by atoms with Crippen molar-refractivity contribution in [2.75, 3.05) is 26.3 Å². The molecule has 1 aliphatic rings. The molecule has 0 aliphatic carbocycles. The molecule has 11 heavy (non-hydrogen) atoms. The average Bonchev–Trinajstić information content (AvgIpc) is 2.15. The molecule has 2 N–H and O–H groups in total. The number of ether oxygens (including phenoxy) is 1. The van der Waals surface area contributed by atoms with Crippen molar-refractivity contribution in [1.29, 1.82) is 5.26 Å². The minimum absolute atomic E-state index is 0. The molecule has 1 aliphatic heterocycles. The van der Waals surface area contributed by atoms with Gasteiger partial charge in [0.2, 0.25) is 0 Å². The predicted octanol–water partition coefficient (Wildman–Crippen LogP) is -0.717. The zero-order chi connectivity index (χ0) is 7.45. The van der Waals surface area contributed by atoms with E-state index in [4.69, 9.17) is 10.00 Å². The summed E-state index contributed by atoms with van der Waals surface area (Å²) in [5.41, 5.74) is -1.32. The van der Waals surface area contributed by atoms with Crippen LogP contribution in [-0.2, 0) is 4.74 Å². The third-order valence-corrected chi connectivity index (χ3v) is 1.39. The molecule has 5 heteroatoms. The largest absolute Gasteiger partial charge is 0.376 e. The third-order valence-electron chi connectivity index (χ3n) is 1.39. The number of hydrogen-bond donors (Lipinski definition) is 2. The molecule has 0 bridgehead atoms. The molecular weight excluding hydrogens is 168 g/mol. The van der Waals surface area contributed by atoms with Gasteiger partial charge in [-0.2, -0.15) is 5.26 Å². The van der Waals surface area contributed by atoms with Crippen molar-refractivity contribution < 1.29 is 9.84 Å². The van der Waals surface area contributed by atoms with E-state index in [1.807, 2.05) is 0 Å². The van der Waals surface area contributed by atoms with Crippen LogP contribution in [0.25, 0.3) is 0 Å². The first-order chi connectivity index (χ1) is 4.77. The Morgan fingerprint density at radius 3 is 3.00 bits per heavy atom. The fourth-order valence-corrected chi connectivity index (χ4v) is 0.803. The number of rotatable bonds is 0. The molecule has 0 aromatic carbocycles. The zero-order valence-corrected chi connectivity index (χ0v) is 6.86. The molecule has 1 heterocycles. The Morgan fingerprint density at radius 1 is 1.64 bits per heavy atom. The van der Waals surface area contributed by atoms with E-state index in [2.05, 4.69) is 5.32 Å². The molecule has 1 fully saturated rings. The predicted molar refractivity (Wildman–Crippen MR) is 41.5 cm³/mol. The molecule has 64 valence electrons. The Labute approximate surface area is 71.6 Å². The lowest BCUT2D eigenvalue weighted by Crippen LogP contribution is -2.40. The van der Waals surface area contributed by atoms with Crippen LogP contribution in [0.15, 0.2) is 0 Å². The summed E-state index contributed by atoms with van der Waals surface area (Å²) >= 11 is 0. The van der Waals surface area contributed by atoms with Gasteiger partial charge in [0.15, 0.2) is 5.60 Å². The number of aliphatic hydroxyl groups is 1. The van der Waals surface area contributed by atoms with Gasteiger partial charge in [-0.1, -0.05) is 0 Å². The van der Waals surface area contributed by atoms with Crippen molar-refractivity contribution in [3.05, 3.63) is 0 Å². The Kier molecular flexibility index (Phi) is 4.38. The topological polar surface area (TPSA) is 65.3 Å². The van der Waals surface area contributed by atoms with Gasteiger partial charge in [-0.05, 0) is 0 Å². The van der Waals surface area contributed by atoms with Gasteiger partial charge in [0, 0.05) is 13.1 Å². The Hall–Kier alpha value is -0.340. The molecule has 0 amide bonds. The molecular formula is C6H11ClN2O2. The number of nitriles is 1. The van der Waals surface area contributed by atoms with Crippen molar-refractivity contribution in [2.24, 2.45) is 0 Å². The van der Waals surface area contributed by atoms with Crippen LogP contribution in [0.1, 0.15) is 0 Å². The summed E-state index contributed by atoms with van der Waals surface area (Å²) in [5, 5.41) is 20.7. The number of nitrogens with one attached hydrogen (secondary N) is 1. The standard InChI is InChI=1S/C6H10N2O2.ClH/c7-3-6(9)4-8-1-2-10-5-6;/h8-9H,1-2,4-5H2;1H. The van der Waals surface area contributed by atoms with Crippen molar-refractivity contribution in [3.8, 4) is 6.07 Å². The summed E-state index contributed by atoms with van der Waals surface area (Å²) in [6.07, 6.45) is 0. The van der Waals surface area contributed by atoms with Gasteiger partial charge in [-0.3, -0.25) is 0 Å². The van der Waals surface area contributed by atoms with Gasteiger partial charge in [0.1, 0.15) is 6.07 Å². The van der Waals surface area contributed by atoms with Crippen LogP contribution >= 0.6 is 12.4 Å². The van der Waals surface area contributed by atoms with Crippen LogP contribution in [0.4, 0.5) is 0 Å². The quantitative estimate of drug-likeness (QED) is 0.481. The van der Waals surface area contributed by atoms with Gasteiger partial charge in [0.05, 0.1) is 13.2 Å². The van der Waals surface area contributed by atoms with E-state index in [1.54, 1.807) is 6.07 Å². The Balaban J connectivity index is 0.000001000. The number of hydrogen-bond acceptors (Lipinski definition) is 4. The van der Waals surface area contributed by atoms with E-state index >= 15 is 0 Å². The van der Waals surface area contributed by atoms with Crippen LogP contribution in [0, 0.1) is 11.3 Å². The van der Waals surface area contributed by atoms with Gasteiger partial charge in [0.25, 0.3) is 0 Å². The van der Waals surface area contributed by atoms with Crippen molar-refractivity contribution in [1.82, 2.24) is 5.32 Å². The number of nitrogens with zero attached hydrogens (tertiary/aromatic N) is 1. The van der Waals surface area contributed by atoms with Crippen LogP contribution in [0.2, 0.25) is 0 Å². The van der Waals surface area contributed by atoms with E-state index < -0.39 is 5.60 Å². The third kappa shape index (κ3) is 3.04. The minimum atomic E-state index is -1.32. The summed E-state index contributed by atoms with van der Waals surface area (Å²) < 4.78 is 4.97. The highest BCUT2D eigenvalue weighted by molar-refractivity contribution is 5.85. The molecule has 0 spiro atoms. The van der Waals surface area contributed by atoms with E-state index in [-0.39, 0.29) is 19.0 Å².